The number of ether oxygens (including phenoxy) is 1. The highest BCUT2D eigenvalue weighted by atomic mass is 16.5. The molecule has 3 heterocycles. The molecule has 2 aromatic heterocycles. The van der Waals surface area contributed by atoms with Crippen molar-refractivity contribution in [3.8, 4) is 17.1 Å². The molecule has 29 heavy (non-hydrogen) atoms. The fourth-order valence-electron chi connectivity index (χ4n) is 3.59. The van der Waals surface area contributed by atoms with Crippen LogP contribution in [0.25, 0.3) is 28.1 Å². The summed E-state index contributed by atoms with van der Waals surface area (Å²) in [5.74, 6) is 0.758. The van der Waals surface area contributed by atoms with Gasteiger partial charge in [0, 0.05) is 24.8 Å². The Hall–Kier alpha value is -3.45. The van der Waals surface area contributed by atoms with Gasteiger partial charge in [0.05, 0.1) is 41.7 Å². The van der Waals surface area contributed by atoms with Crippen molar-refractivity contribution in [2.24, 2.45) is 0 Å². The monoisotopic (exact) mass is 387 g/mol. The highest BCUT2D eigenvalue weighted by molar-refractivity contribution is 5.97. The Morgan fingerprint density at radius 2 is 2.00 bits per heavy atom. The lowest BCUT2D eigenvalue weighted by Crippen LogP contribution is -2.40. The van der Waals surface area contributed by atoms with Crippen molar-refractivity contribution in [1.29, 1.82) is 0 Å². The molecule has 1 aliphatic rings. The zero-order valence-corrected chi connectivity index (χ0v) is 16.1. The minimum Gasteiger partial charge on any atom is -0.378 e. The van der Waals surface area contributed by atoms with Gasteiger partial charge in [-0.2, -0.15) is 5.10 Å². The fraction of sp³-hybridized carbons (Fsp3) is 0.227. The number of imidazole rings is 1. The van der Waals surface area contributed by atoms with E-state index in [2.05, 4.69) is 34.1 Å². The van der Waals surface area contributed by atoms with Crippen molar-refractivity contribution in [2.45, 2.75) is 6.92 Å². The summed E-state index contributed by atoms with van der Waals surface area (Å²) in [6, 6.07) is 13.8. The van der Waals surface area contributed by atoms with Crippen LogP contribution in [0.2, 0.25) is 0 Å². The smallest absolute Gasteiger partial charge is 0.254 e. The van der Waals surface area contributed by atoms with E-state index in [0.29, 0.717) is 31.9 Å². The van der Waals surface area contributed by atoms with Gasteiger partial charge in [-0.05, 0) is 42.8 Å². The Balaban J connectivity index is 1.44. The van der Waals surface area contributed by atoms with E-state index in [1.54, 1.807) is 6.20 Å². The second-order valence-corrected chi connectivity index (χ2v) is 7.23. The molecule has 0 unspecified atom stereocenters. The van der Waals surface area contributed by atoms with Crippen LogP contribution in [0.5, 0.6) is 0 Å². The highest BCUT2D eigenvalue weighted by Crippen LogP contribution is 2.23. The van der Waals surface area contributed by atoms with E-state index in [1.165, 1.54) is 5.56 Å². The molecule has 5 rings (SSSR count). The topological polar surface area (TPSA) is 76.0 Å². The lowest BCUT2D eigenvalue weighted by molar-refractivity contribution is 0.0303. The zero-order valence-electron chi connectivity index (χ0n) is 16.1. The Morgan fingerprint density at radius 1 is 1.14 bits per heavy atom. The van der Waals surface area contributed by atoms with Crippen LogP contribution in [-0.4, -0.2) is 56.9 Å². The molecule has 0 spiro atoms. The van der Waals surface area contributed by atoms with Crippen LogP contribution in [0.4, 0.5) is 0 Å². The fourth-order valence-corrected chi connectivity index (χ4v) is 3.59. The summed E-state index contributed by atoms with van der Waals surface area (Å²) < 4.78 is 7.17. The molecule has 0 bridgehead atoms. The zero-order chi connectivity index (χ0) is 19.8. The van der Waals surface area contributed by atoms with Crippen LogP contribution in [-0.2, 0) is 4.74 Å². The largest absolute Gasteiger partial charge is 0.378 e. The van der Waals surface area contributed by atoms with Crippen LogP contribution in [0.15, 0.2) is 54.9 Å². The van der Waals surface area contributed by atoms with Crippen LogP contribution >= 0.6 is 0 Å². The lowest BCUT2D eigenvalue weighted by Gasteiger charge is -2.26. The summed E-state index contributed by atoms with van der Waals surface area (Å²) in [4.78, 5) is 22.6. The summed E-state index contributed by atoms with van der Waals surface area (Å²) >= 11 is 0. The normalized spacial score (nSPS) is 14.4. The van der Waals surface area contributed by atoms with Crippen molar-refractivity contribution in [3.05, 3.63) is 66.0 Å². The average Bonchev–Trinajstić information content (AvgIpc) is 3.40. The predicted molar refractivity (Wildman–Crippen MR) is 110 cm³/mol. The van der Waals surface area contributed by atoms with Gasteiger partial charge in [0.1, 0.15) is 5.82 Å². The van der Waals surface area contributed by atoms with Gasteiger partial charge in [0.25, 0.3) is 5.91 Å². The van der Waals surface area contributed by atoms with E-state index in [1.807, 2.05) is 46.1 Å². The quantitative estimate of drug-likeness (QED) is 0.586. The number of aromatic amines is 1. The molecule has 7 heteroatoms. The molecule has 1 saturated heterocycles. The molecule has 2 aromatic carbocycles. The number of H-pyrrole nitrogens is 1. The molecule has 7 nitrogen and oxygen atoms in total. The van der Waals surface area contributed by atoms with E-state index in [9.17, 15) is 4.79 Å². The number of carbonyl (C=O) groups is 1. The minimum absolute atomic E-state index is 0.0265. The second-order valence-electron chi connectivity index (χ2n) is 7.23. The molecule has 1 fully saturated rings. The molecular formula is C22H21N5O2. The Labute approximate surface area is 167 Å². The lowest BCUT2D eigenvalue weighted by atomic mass is 10.1. The van der Waals surface area contributed by atoms with Gasteiger partial charge >= 0.3 is 0 Å². The van der Waals surface area contributed by atoms with Crippen LogP contribution in [0, 0.1) is 6.92 Å². The maximum absolute atomic E-state index is 12.7. The number of rotatable bonds is 3. The molecule has 146 valence electrons. The number of aryl methyl sites for hydroxylation is 1. The van der Waals surface area contributed by atoms with Gasteiger partial charge in [-0.1, -0.05) is 12.1 Å². The van der Waals surface area contributed by atoms with Gasteiger partial charge in [-0.25, -0.2) is 9.67 Å². The molecular weight excluding hydrogens is 366 g/mol. The summed E-state index contributed by atoms with van der Waals surface area (Å²) in [6.07, 6.45) is 3.74. The summed E-state index contributed by atoms with van der Waals surface area (Å²) in [5, 5.41) is 4.47. The highest BCUT2D eigenvalue weighted by Gasteiger charge is 2.19. The summed E-state index contributed by atoms with van der Waals surface area (Å²) in [5.41, 5.74) is 5.39. The van der Waals surface area contributed by atoms with E-state index in [4.69, 9.17) is 4.74 Å². The Kier molecular flexibility index (Phi) is 4.37. The number of benzene rings is 2. The number of aromatic nitrogens is 4. The number of nitrogens with one attached hydrogen (secondary N) is 1. The SMILES string of the molecule is Cc1cccc(-n2cc(-c3nc4ccc(C(=O)N5CCOCC5)cc4[nH]3)cn2)c1. The number of fused-ring (bicyclic) bond motifs is 1. The predicted octanol–water partition coefficient (Wildman–Crippen LogP) is 3.20. The van der Waals surface area contributed by atoms with E-state index in [-0.39, 0.29) is 5.91 Å². The first-order valence-corrected chi connectivity index (χ1v) is 9.66. The number of carbonyl (C=O) groups excluding carboxylic acids is 1. The van der Waals surface area contributed by atoms with Gasteiger partial charge < -0.3 is 14.6 Å². The van der Waals surface area contributed by atoms with Gasteiger partial charge in [-0.15, -0.1) is 0 Å². The van der Waals surface area contributed by atoms with E-state index >= 15 is 0 Å². The van der Waals surface area contributed by atoms with Crippen LogP contribution < -0.4 is 0 Å². The number of amides is 1. The van der Waals surface area contributed by atoms with Crippen LogP contribution in [0.3, 0.4) is 0 Å². The van der Waals surface area contributed by atoms with Gasteiger partial charge in [0.15, 0.2) is 0 Å². The second kappa shape index (κ2) is 7.18. The number of hydrogen-bond acceptors (Lipinski definition) is 4. The van der Waals surface area contributed by atoms with Crippen molar-refractivity contribution < 1.29 is 9.53 Å². The summed E-state index contributed by atoms with van der Waals surface area (Å²) in [6.45, 7) is 4.50. The maximum Gasteiger partial charge on any atom is 0.254 e. The van der Waals surface area contributed by atoms with E-state index in [0.717, 1.165) is 28.1 Å². The first-order valence-electron chi connectivity index (χ1n) is 9.66. The third-order valence-corrected chi connectivity index (χ3v) is 5.15. The van der Waals surface area contributed by atoms with Crippen LogP contribution in [0.1, 0.15) is 15.9 Å². The molecule has 1 aliphatic heterocycles. The third kappa shape index (κ3) is 3.40. The van der Waals surface area contributed by atoms with Gasteiger partial charge in [-0.3, -0.25) is 4.79 Å². The third-order valence-electron chi connectivity index (χ3n) is 5.15. The molecule has 0 saturated carbocycles. The molecule has 0 radical (unpaired) electrons. The minimum atomic E-state index is 0.0265. The number of nitrogens with zero attached hydrogens (tertiary/aromatic N) is 4. The van der Waals surface area contributed by atoms with E-state index < -0.39 is 0 Å². The summed E-state index contributed by atoms with van der Waals surface area (Å²) in [7, 11) is 0. The molecule has 1 amide bonds. The Morgan fingerprint density at radius 3 is 2.83 bits per heavy atom. The van der Waals surface area contributed by atoms with Gasteiger partial charge in [0.2, 0.25) is 0 Å². The molecule has 1 N–H and O–H groups in total. The van der Waals surface area contributed by atoms with Crippen molar-refractivity contribution in [3.63, 3.8) is 0 Å². The van der Waals surface area contributed by atoms with Crippen molar-refractivity contribution >= 4 is 16.9 Å². The average molecular weight is 387 g/mol. The maximum atomic E-state index is 12.7. The molecule has 4 aromatic rings. The first-order chi connectivity index (χ1) is 14.2. The molecule has 0 aliphatic carbocycles. The first kappa shape index (κ1) is 17.6. The van der Waals surface area contributed by atoms with Crippen molar-refractivity contribution in [2.75, 3.05) is 26.3 Å². The Bertz CT molecular complexity index is 1190. The number of hydrogen-bond donors (Lipinski definition) is 1. The standard InChI is InChI=1S/C22H21N5O2/c1-15-3-2-4-18(11-15)27-14-17(13-23-27)21-24-19-6-5-16(12-20(19)25-21)22(28)26-7-9-29-10-8-26/h2-6,11-14H,7-10H2,1H3,(H,24,25). The number of morpholine rings is 1. The van der Waals surface area contributed by atoms with Crippen molar-refractivity contribution in [1.82, 2.24) is 24.6 Å². The molecule has 0 atom stereocenters.